The summed E-state index contributed by atoms with van der Waals surface area (Å²) >= 11 is 0. The SMILES string of the molecule is C[C@@H]1NC(=O)[C@]23C[C@H](O)[C@H]4[C@@H](CCC5=CC(=O)C=C[C@]54C)[C@H]2CC[C@H]13. The Hall–Kier alpha value is -1.42. The summed E-state index contributed by atoms with van der Waals surface area (Å²) in [5.74, 6) is 1.48. The molecule has 0 bridgehead atoms. The van der Waals surface area contributed by atoms with Crippen molar-refractivity contribution in [2.24, 2.45) is 34.5 Å². The van der Waals surface area contributed by atoms with Gasteiger partial charge in [-0.25, -0.2) is 0 Å². The number of carbonyl (C=O) groups is 2. The number of aliphatic hydroxyl groups is 1. The topological polar surface area (TPSA) is 66.4 Å². The molecule has 0 unspecified atom stereocenters. The van der Waals surface area contributed by atoms with E-state index in [1.54, 1.807) is 12.2 Å². The van der Waals surface area contributed by atoms with E-state index >= 15 is 0 Å². The van der Waals surface area contributed by atoms with E-state index in [9.17, 15) is 14.7 Å². The minimum atomic E-state index is -0.482. The number of nitrogens with one attached hydrogen (secondary N) is 1. The first-order chi connectivity index (χ1) is 11.9. The van der Waals surface area contributed by atoms with Crippen molar-refractivity contribution in [3.63, 3.8) is 0 Å². The van der Waals surface area contributed by atoms with E-state index in [4.69, 9.17) is 0 Å². The third-order valence-corrected chi connectivity index (χ3v) is 8.48. The van der Waals surface area contributed by atoms with Crippen molar-refractivity contribution in [1.29, 1.82) is 0 Å². The Labute approximate surface area is 148 Å². The molecule has 0 aromatic heterocycles. The summed E-state index contributed by atoms with van der Waals surface area (Å²) in [5, 5.41) is 14.4. The first-order valence-electron chi connectivity index (χ1n) is 9.81. The number of ketones is 1. The fourth-order valence-electron chi connectivity index (χ4n) is 7.58. The van der Waals surface area contributed by atoms with Crippen LogP contribution in [0.15, 0.2) is 23.8 Å². The Morgan fingerprint density at radius 2 is 1.96 bits per heavy atom. The van der Waals surface area contributed by atoms with Gasteiger partial charge >= 0.3 is 0 Å². The van der Waals surface area contributed by atoms with Crippen LogP contribution in [0.4, 0.5) is 0 Å². The maximum atomic E-state index is 13.0. The minimum Gasteiger partial charge on any atom is -0.393 e. The van der Waals surface area contributed by atoms with Gasteiger partial charge in [0.15, 0.2) is 5.78 Å². The maximum absolute atomic E-state index is 13.0. The molecule has 5 aliphatic rings. The van der Waals surface area contributed by atoms with E-state index in [1.807, 2.05) is 6.08 Å². The fraction of sp³-hybridized carbons (Fsp3) is 0.714. The molecule has 0 radical (unpaired) electrons. The highest BCUT2D eigenvalue weighted by atomic mass is 16.3. The van der Waals surface area contributed by atoms with Gasteiger partial charge in [-0.2, -0.15) is 0 Å². The van der Waals surface area contributed by atoms with E-state index < -0.39 is 6.10 Å². The number of aliphatic hydroxyl groups excluding tert-OH is 1. The molecule has 134 valence electrons. The van der Waals surface area contributed by atoms with Crippen LogP contribution < -0.4 is 5.32 Å². The number of fused-ring (bicyclic) bond motifs is 4. The Kier molecular flexibility index (Phi) is 3.06. The lowest BCUT2D eigenvalue weighted by Gasteiger charge is -2.57. The monoisotopic (exact) mass is 341 g/mol. The number of hydrogen-bond donors (Lipinski definition) is 2. The zero-order chi connectivity index (χ0) is 17.6. The minimum absolute atomic E-state index is 0.0672. The van der Waals surface area contributed by atoms with Crippen molar-refractivity contribution in [2.75, 3.05) is 0 Å². The van der Waals surface area contributed by atoms with E-state index in [2.05, 4.69) is 19.2 Å². The summed E-state index contributed by atoms with van der Waals surface area (Å²) in [6.07, 6.45) is 9.70. The lowest BCUT2D eigenvalue weighted by molar-refractivity contribution is -0.151. The molecular formula is C21H27NO3. The van der Waals surface area contributed by atoms with Crippen LogP contribution in [0, 0.1) is 34.5 Å². The van der Waals surface area contributed by atoms with Crippen LogP contribution in [0.3, 0.4) is 0 Å². The van der Waals surface area contributed by atoms with Crippen LogP contribution in [-0.4, -0.2) is 28.9 Å². The summed E-state index contributed by atoms with van der Waals surface area (Å²) in [4.78, 5) is 24.8. The molecule has 1 spiro atoms. The summed E-state index contributed by atoms with van der Waals surface area (Å²) < 4.78 is 0. The molecule has 0 aromatic carbocycles. The van der Waals surface area contributed by atoms with Crippen molar-refractivity contribution >= 4 is 11.7 Å². The normalized spacial score (nSPS) is 53.5. The molecule has 4 nitrogen and oxygen atoms in total. The summed E-state index contributed by atoms with van der Waals surface area (Å²) in [6, 6.07) is 0.225. The third-order valence-electron chi connectivity index (χ3n) is 8.48. The van der Waals surface area contributed by atoms with E-state index in [1.165, 1.54) is 5.57 Å². The second kappa shape index (κ2) is 4.85. The van der Waals surface area contributed by atoms with E-state index in [0.717, 1.165) is 25.7 Å². The zero-order valence-electron chi connectivity index (χ0n) is 15.0. The highest BCUT2D eigenvalue weighted by molar-refractivity contribution is 6.01. The van der Waals surface area contributed by atoms with Gasteiger partial charge in [0.05, 0.1) is 11.5 Å². The molecule has 5 rings (SSSR count). The molecule has 4 heteroatoms. The molecule has 25 heavy (non-hydrogen) atoms. The molecule has 4 aliphatic carbocycles. The average molecular weight is 341 g/mol. The van der Waals surface area contributed by atoms with Crippen molar-refractivity contribution < 1.29 is 14.7 Å². The van der Waals surface area contributed by atoms with Crippen LogP contribution in [0.25, 0.3) is 0 Å². The second-order valence-electron chi connectivity index (χ2n) is 9.28. The lowest BCUT2D eigenvalue weighted by Crippen LogP contribution is -2.58. The van der Waals surface area contributed by atoms with E-state index in [-0.39, 0.29) is 34.5 Å². The smallest absolute Gasteiger partial charge is 0.227 e. The number of allylic oxidation sites excluding steroid dienone is 4. The van der Waals surface area contributed by atoms with Crippen LogP contribution in [0.5, 0.6) is 0 Å². The Morgan fingerprint density at radius 1 is 1.20 bits per heavy atom. The van der Waals surface area contributed by atoms with Gasteiger partial charge in [-0.15, -0.1) is 0 Å². The van der Waals surface area contributed by atoms with Gasteiger partial charge in [0.1, 0.15) is 0 Å². The largest absolute Gasteiger partial charge is 0.393 e. The predicted molar refractivity (Wildman–Crippen MR) is 93.4 cm³/mol. The van der Waals surface area contributed by atoms with Crippen molar-refractivity contribution in [2.45, 2.75) is 58.1 Å². The lowest BCUT2D eigenvalue weighted by atomic mass is 9.46. The van der Waals surface area contributed by atoms with Crippen molar-refractivity contribution in [1.82, 2.24) is 5.32 Å². The summed E-state index contributed by atoms with van der Waals surface area (Å²) in [7, 11) is 0. The Balaban J connectivity index is 1.59. The van der Waals surface area contributed by atoms with Gasteiger partial charge in [0.25, 0.3) is 0 Å². The fourth-order valence-corrected chi connectivity index (χ4v) is 7.58. The summed E-state index contributed by atoms with van der Waals surface area (Å²) in [6.45, 7) is 4.31. The van der Waals surface area contributed by atoms with Gasteiger partial charge in [0, 0.05) is 17.4 Å². The molecule has 2 N–H and O–H groups in total. The number of rotatable bonds is 0. The molecule has 0 aromatic rings. The molecule has 1 heterocycles. The van der Waals surface area contributed by atoms with Crippen molar-refractivity contribution in [3.8, 4) is 0 Å². The van der Waals surface area contributed by atoms with Crippen LogP contribution >= 0.6 is 0 Å². The van der Waals surface area contributed by atoms with Gasteiger partial charge < -0.3 is 10.4 Å². The van der Waals surface area contributed by atoms with Gasteiger partial charge in [0.2, 0.25) is 5.91 Å². The Bertz CT molecular complexity index is 725. The maximum Gasteiger partial charge on any atom is 0.227 e. The zero-order valence-corrected chi connectivity index (χ0v) is 15.0. The van der Waals surface area contributed by atoms with Gasteiger partial charge in [-0.1, -0.05) is 18.6 Å². The van der Waals surface area contributed by atoms with E-state index in [0.29, 0.717) is 24.2 Å². The second-order valence-corrected chi connectivity index (χ2v) is 9.28. The van der Waals surface area contributed by atoms with Crippen LogP contribution in [0.1, 0.15) is 46.0 Å². The highest BCUT2D eigenvalue weighted by Crippen LogP contribution is 2.67. The molecule has 1 amide bonds. The van der Waals surface area contributed by atoms with Crippen LogP contribution in [0.2, 0.25) is 0 Å². The standard InChI is InChI=1S/C21H27NO3/c1-11-15-5-6-16-14-4-3-12-9-13(23)7-8-20(12,2)18(14)17(24)10-21(15,16)19(25)22-11/h7-9,11,14-18,24H,3-6,10H2,1-2H3,(H,22,25)/t11-,14-,15+,16+,17-,18+,20+,21-/m0/s1. The highest BCUT2D eigenvalue weighted by Gasteiger charge is 2.69. The van der Waals surface area contributed by atoms with Crippen molar-refractivity contribution in [3.05, 3.63) is 23.8 Å². The molecule has 1 aliphatic heterocycles. The van der Waals surface area contributed by atoms with Gasteiger partial charge in [-0.3, -0.25) is 9.59 Å². The third kappa shape index (κ3) is 1.77. The summed E-state index contributed by atoms with van der Waals surface area (Å²) in [5.41, 5.74) is 0.581. The molecule has 4 fully saturated rings. The predicted octanol–water partition coefficient (Wildman–Crippen LogP) is 2.38. The van der Waals surface area contributed by atoms with Gasteiger partial charge in [-0.05, 0) is 68.9 Å². The van der Waals surface area contributed by atoms with Crippen LogP contribution in [-0.2, 0) is 9.59 Å². The molecular weight excluding hydrogens is 314 g/mol. The molecule has 3 saturated carbocycles. The number of amides is 1. The number of hydrogen-bond acceptors (Lipinski definition) is 3. The number of carbonyl (C=O) groups excluding carboxylic acids is 2. The first-order valence-corrected chi connectivity index (χ1v) is 9.81. The molecule has 8 atom stereocenters. The molecule has 1 saturated heterocycles. The Morgan fingerprint density at radius 3 is 2.76 bits per heavy atom. The quantitative estimate of drug-likeness (QED) is 0.711. The first kappa shape index (κ1) is 15.8. The average Bonchev–Trinajstić information content (AvgIpc) is 3.04.